The first-order valence-corrected chi connectivity index (χ1v) is 30.3. The molecule has 2 fully saturated rings. The maximum Gasteiger partial charge on any atom is 0.311 e. The Hall–Kier alpha value is -1.09. The van der Waals surface area contributed by atoms with Gasteiger partial charge >= 0.3 is 5.97 Å². The van der Waals surface area contributed by atoms with Crippen molar-refractivity contribution >= 4 is 28.4 Å². The van der Waals surface area contributed by atoms with Gasteiger partial charge in [0, 0.05) is 38.5 Å². The van der Waals surface area contributed by atoms with Crippen molar-refractivity contribution in [2.75, 3.05) is 28.3 Å². The molecule has 13 nitrogen and oxygen atoms in total. The first-order chi connectivity index (χ1) is 30.3. The number of ether oxygens (including phenoxy) is 7. The minimum atomic E-state index is -2.22. The Bertz CT molecular complexity index is 1520. The van der Waals surface area contributed by atoms with E-state index in [0.29, 0.717) is 18.4 Å². The molecular formula is C50H95NO12Si2. The van der Waals surface area contributed by atoms with Crippen molar-refractivity contribution in [3.63, 3.8) is 0 Å². The fourth-order valence-corrected chi connectivity index (χ4v) is 17.0. The topological polar surface area (TPSA) is 141 Å². The Morgan fingerprint density at radius 3 is 1.77 bits per heavy atom. The van der Waals surface area contributed by atoms with Crippen molar-refractivity contribution in [2.24, 2.45) is 17.8 Å². The second kappa shape index (κ2) is 24.2. The van der Waals surface area contributed by atoms with Gasteiger partial charge in [0.2, 0.25) is 0 Å². The van der Waals surface area contributed by atoms with E-state index < -0.39 is 100 Å². The maximum absolute atomic E-state index is 14.7. The Balaban J connectivity index is 2.32. The van der Waals surface area contributed by atoms with Gasteiger partial charge in [0.25, 0.3) is 0 Å². The SMILES string of the molecule is CC[C@@H]1OC(=O)[C@H](C)[C@H](O[C@@H]2C[C@@](C)(OC)[C@@H](O[Si](CC)(CC)CC)[C@H](C)O2)[C@H](C)[C@@H](O[C@@H]2O[C@H](C)C[C@H](N(C)C)[C@H]2O[Si](CC)(CC)CC)[C@](C)(OC)C[C@@H](C)C(=O)/C(C)=C/[C@]1(C)O. The minimum Gasteiger partial charge on any atom is -0.459 e. The van der Waals surface area contributed by atoms with Crippen LogP contribution in [0.4, 0.5) is 0 Å². The zero-order valence-corrected chi connectivity index (χ0v) is 46.5. The average Bonchev–Trinajstić information content (AvgIpc) is 3.27. The highest BCUT2D eigenvalue weighted by atomic mass is 28.4. The number of cyclic esters (lactones) is 1. The van der Waals surface area contributed by atoms with Crippen LogP contribution in [0.2, 0.25) is 36.3 Å². The Morgan fingerprint density at radius 2 is 1.28 bits per heavy atom. The monoisotopic (exact) mass is 958 g/mol. The normalized spacial score (nSPS) is 40.6. The van der Waals surface area contributed by atoms with Gasteiger partial charge in [-0.15, -0.1) is 0 Å². The van der Waals surface area contributed by atoms with E-state index in [1.165, 1.54) is 6.08 Å². The summed E-state index contributed by atoms with van der Waals surface area (Å²) in [4.78, 5) is 31.2. The molecule has 3 rings (SSSR count). The summed E-state index contributed by atoms with van der Waals surface area (Å²) in [6.45, 7) is 32.3. The van der Waals surface area contributed by atoms with Crippen molar-refractivity contribution < 1.29 is 56.7 Å². The van der Waals surface area contributed by atoms with Crippen molar-refractivity contribution in [3.05, 3.63) is 11.6 Å². The van der Waals surface area contributed by atoms with Crippen molar-refractivity contribution in [1.29, 1.82) is 0 Å². The number of aliphatic hydroxyl groups is 1. The largest absolute Gasteiger partial charge is 0.459 e. The number of carbonyl (C=O) groups excluding carboxylic acids is 2. The molecule has 0 amide bonds. The number of nitrogens with zero attached hydrogens (tertiary/aromatic N) is 1. The summed E-state index contributed by atoms with van der Waals surface area (Å²) < 4.78 is 62.0. The minimum absolute atomic E-state index is 0.00942. The number of rotatable bonds is 18. The molecular weight excluding hydrogens is 863 g/mol. The van der Waals surface area contributed by atoms with Gasteiger partial charge < -0.3 is 52.0 Å². The molecule has 3 aliphatic rings. The van der Waals surface area contributed by atoms with Crippen LogP contribution in [-0.2, 0) is 51.6 Å². The predicted octanol–water partition coefficient (Wildman–Crippen LogP) is 9.45. The fourth-order valence-electron chi connectivity index (χ4n) is 11.1. The molecule has 2 saturated heterocycles. The third kappa shape index (κ3) is 13.4. The van der Waals surface area contributed by atoms with Crippen molar-refractivity contribution in [3.8, 4) is 0 Å². The highest BCUT2D eigenvalue weighted by Crippen LogP contribution is 2.44. The average molecular weight is 958 g/mol. The van der Waals surface area contributed by atoms with Gasteiger partial charge in [-0.05, 0) is 130 Å². The van der Waals surface area contributed by atoms with Crippen LogP contribution in [0.3, 0.4) is 0 Å². The van der Waals surface area contributed by atoms with Gasteiger partial charge in [-0.25, -0.2) is 0 Å². The van der Waals surface area contributed by atoms with Crippen LogP contribution in [0.15, 0.2) is 11.6 Å². The lowest BCUT2D eigenvalue weighted by molar-refractivity contribution is -0.316. The van der Waals surface area contributed by atoms with E-state index in [2.05, 4.69) is 74.4 Å². The molecule has 16 atom stereocenters. The number of hydrogen-bond donors (Lipinski definition) is 1. The first-order valence-electron chi connectivity index (χ1n) is 25.2. The number of esters is 1. The van der Waals surface area contributed by atoms with E-state index in [0.717, 1.165) is 42.7 Å². The predicted molar refractivity (Wildman–Crippen MR) is 262 cm³/mol. The summed E-state index contributed by atoms with van der Waals surface area (Å²) >= 11 is 0. The maximum atomic E-state index is 14.7. The summed E-state index contributed by atoms with van der Waals surface area (Å²) in [6, 6.07) is 5.79. The quantitative estimate of drug-likeness (QED) is 0.103. The molecule has 3 aliphatic heterocycles. The van der Waals surface area contributed by atoms with Crippen LogP contribution >= 0.6 is 0 Å². The van der Waals surface area contributed by atoms with E-state index >= 15 is 0 Å². The van der Waals surface area contributed by atoms with E-state index in [1.54, 1.807) is 35.0 Å². The number of methoxy groups -OCH3 is 2. The Kier molecular flexibility index (Phi) is 21.6. The summed E-state index contributed by atoms with van der Waals surface area (Å²) in [5, 5.41) is 11.8. The molecule has 0 unspecified atom stereocenters. The Morgan fingerprint density at radius 1 is 0.754 bits per heavy atom. The second-order valence-electron chi connectivity index (χ2n) is 20.9. The third-order valence-corrected chi connectivity index (χ3v) is 25.4. The smallest absolute Gasteiger partial charge is 0.311 e. The molecule has 0 saturated carbocycles. The zero-order chi connectivity index (χ0) is 49.5. The van der Waals surface area contributed by atoms with Gasteiger partial charge in [-0.2, -0.15) is 0 Å². The summed E-state index contributed by atoms with van der Waals surface area (Å²) in [6.07, 6.45) is -2.41. The number of likely N-dealkylation sites (N-methyl/N-ethyl adjacent to an activating group) is 1. The number of carbonyl (C=O) groups is 2. The second-order valence-corrected chi connectivity index (χ2v) is 30.3. The molecule has 0 radical (unpaired) electrons. The zero-order valence-electron chi connectivity index (χ0n) is 44.5. The number of allylic oxidation sites excluding steroid dienone is 1. The molecule has 0 aromatic rings. The number of Topliss-reactive ketones (excluding diaryl/α,β-unsaturated/α-hetero) is 1. The first kappa shape index (κ1) is 58.2. The van der Waals surface area contributed by atoms with Gasteiger partial charge in [-0.1, -0.05) is 62.3 Å². The molecule has 1 N–H and O–H groups in total. The van der Waals surface area contributed by atoms with E-state index in [9.17, 15) is 14.7 Å². The summed E-state index contributed by atoms with van der Waals surface area (Å²) in [7, 11) is 3.22. The third-order valence-electron chi connectivity index (χ3n) is 16.2. The fraction of sp³-hybridized carbons (Fsp3) is 0.920. The van der Waals surface area contributed by atoms with Gasteiger partial charge in [0.1, 0.15) is 17.8 Å². The van der Waals surface area contributed by atoms with Crippen LogP contribution in [0.1, 0.15) is 136 Å². The number of hydrogen-bond acceptors (Lipinski definition) is 13. The molecule has 0 bridgehead atoms. The van der Waals surface area contributed by atoms with Crippen LogP contribution in [0, 0.1) is 17.8 Å². The standard InChI is InChI=1S/C50H95NO12Si2/c1-21-39-48(14,54)29-32(8)41(52)33(9)30-49(15,55-19)44(61-47-43(62-64(22-2,23-3)24-4)38(51(17)18)28-34(10)57-47)35(11)42(36(12)46(53)59-39)60-40-31-50(16,56-20)45(37(13)58-40)63-65(25-5,26-6)27-7/h29,33-40,42-45,47,54H,21-28,30-31H2,1-20H3/b32-29+/t33-,34-,35+,36-,37+,38+,39+,40-,42-,43-,44-,45+,47+,48+,49-,50-/m1/s1. The Labute approximate surface area is 397 Å². The van der Waals surface area contributed by atoms with Gasteiger partial charge in [0.05, 0.1) is 47.6 Å². The van der Waals surface area contributed by atoms with Crippen molar-refractivity contribution in [2.45, 2.75) is 251 Å². The lowest BCUT2D eigenvalue weighted by Crippen LogP contribution is -2.63. The van der Waals surface area contributed by atoms with E-state index in [-0.39, 0.29) is 30.5 Å². The molecule has 0 aliphatic carbocycles. The van der Waals surface area contributed by atoms with Crippen LogP contribution in [0.5, 0.6) is 0 Å². The molecule has 65 heavy (non-hydrogen) atoms. The lowest BCUT2D eigenvalue weighted by Gasteiger charge is -2.52. The van der Waals surface area contributed by atoms with E-state index in [1.807, 2.05) is 34.6 Å². The molecule has 15 heteroatoms. The summed E-state index contributed by atoms with van der Waals surface area (Å²) in [5.41, 5.74) is -3.16. The molecule has 0 aromatic heterocycles. The molecule has 3 heterocycles. The van der Waals surface area contributed by atoms with Gasteiger partial charge in [-0.3, -0.25) is 9.59 Å². The number of ketones is 1. The summed E-state index contributed by atoms with van der Waals surface area (Å²) in [5.74, 6) is -2.74. The highest BCUT2D eigenvalue weighted by molar-refractivity contribution is 6.74. The van der Waals surface area contributed by atoms with Crippen LogP contribution in [-0.4, -0.2) is 145 Å². The lowest BCUT2D eigenvalue weighted by atomic mass is 9.76. The van der Waals surface area contributed by atoms with Gasteiger partial charge in [0.15, 0.2) is 35.0 Å². The van der Waals surface area contributed by atoms with Crippen LogP contribution < -0.4 is 0 Å². The molecule has 0 aromatic carbocycles. The van der Waals surface area contributed by atoms with E-state index in [4.69, 9.17) is 42.0 Å². The van der Waals surface area contributed by atoms with Crippen LogP contribution in [0.25, 0.3) is 0 Å². The van der Waals surface area contributed by atoms with Crippen molar-refractivity contribution in [1.82, 2.24) is 4.90 Å². The molecule has 0 spiro atoms. The molecule has 380 valence electrons. The highest BCUT2D eigenvalue weighted by Gasteiger charge is 2.55.